The van der Waals surface area contributed by atoms with E-state index >= 15 is 0 Å². The highest BCUT2D eigenvalue weighted by atomic mass is 35.5. The molecule has 90 valence electrons. The van der Waals surface area contributed by atoms with Crippen molar-refractivity contribution in [3.05, 3.63) is 22.4 Å². The van der Waals surface area contributed by atoms with Gasteiger partial charge in [0, 0.05) is 12.1 Å². The lowest BCUT2D eigenvalue weighted by Crippen LogP contribution is -2.51. The van der Waals surface area contributed by atoms with Crippen molar-refractivity contribution in [2.24, 2.45) is 0 Å². The van der Waals surface area contributed by atoms with Gasteiger partial charge in [0.05, 0.1) is 11.2 Å². The molecule has 1 fully saturated rings. The summed E-state index contributed by atoms with van der Waals surface area (Å²) in [7, 11) is 0. The number of hydrogen-bond donors (Lipinski definition) is 1. The Kier molecular flexibility index (Phi) is 5.12. The molecule has 0 aromatic carbocycles. The number of nitrogens with zero attached hydrogens (tertiary/aromatic N) is 1. The SMILES string of the molecule is CC(Oc1cnc(Cl)c(Cl)c1)[C@H]1CCN1.Cl. The van der Waals surface area contributed by atoms with E-state index in [1.165, 1.54) is 0 Å². The molecular formula is C10H13Cl3N2O. The van der Waals surface area contributed by atoms with E-state index in [0.717, 1.165) is 13.0 Å². The molecule has 1 unspecified atom stereocenters. The fraction of sp³-hybridized carbons (Fsp3) is 0.500. The Morgan fingerprint density at radius 2 is 2.25 bits per heavy atom. The van der Waals surface area contributed by atoms with Crippen molar-refractivity contribution >= 4 is 35.6 Å². The standard InChI is InChI=1S/C10H12Cl2N2O.ClH/c1-6(9-2-3-13-9)15-7-4-8(11)10(12)14-5-7;/h4-6,9,13H,2-3H2,1H3;1H/t6?,9-;/m1./s1. The van der Waals surface area contributed by atoms with Gasteiger partial charge in [0.15, 0.2) is 0 Å². The molecule has 2 rings (SSSR count). The molecule has 1 aliphatic heterocycles. The molecule has 2 atom stereocenters. The van der Waals surface area contributed by atoms with Crippen LogP contribution < -0.4 is 10.1 Å². The maximum atomic E-state index is 5.83. The van der Waals surface area contributed by atoms with Crippen molar-refractivity contribution in [1.82, 2.24) is 10.3 Å². The van der Waals surface area contributed by atoms with Crippen molar-refractivity contribution in [2.75, 3.05) is 6.54 Å². The van der Waals surface area contributed by atoms with Gasteiger partial charge in [0.2, 0.25) is 0 Å². The first-order valence-corrected chi connectivity index (χ1v) is 5.63. The lowest BCUT2D eigenvalue weighted by Gasteiger charge is -2.33. The lowest BCUT2D eigenvalue weighted by molar-refractivity contribution is 0.133. The quantitative estimate of drug-likeness (QED) is 0.866. The number of hydrogen-bond acceptors (Lipinski definition) is 3. The Labute approximate surface area is 111 Å². The third-order valence-corrected chi connectivity index (χ3v) is 3.21. The Morgan fingerprint density at radius 3 is 2.75 bits per heavy atom. The van der Waals surface area contributed by atoms with Crippen LogP contribution in [-0.4, -0.2) is 23.7 Å². The maximum Gasteiger partial charge on any atom is 0.147 e. The summed E-state index contributed by atoms with van der Waals surface area (Å²) in [6.45, 7) is 3.09. The molecule has 1 aromatic rings. The molecule has 1 N–H and O–H groups in total. The van der Waals surface area contributed by atoms with E-state index in [0.29, 0.717) is 22.0 Å². The van der Waals surface area contributed by atoms with Gasteiger partial charge in [-0.2, -0.15) is 0 Å². The molecule has 0 bridgehead atoms. The number of aromatic nitrogens is 1. The van der Waals surface area contributed by atoms with E-state index in [-0.39, 0.29) is 18.5 Å². The van der Waals surface area contributed by atoms with Gasteiger partial charge in [0.1, 0.15) is 17.0 Å². The normalized spacial score (nSPS) is 20.6. The predicted octanol–water partition coefficient (Wildman–Crippen LogP) is 2.94. The smallest absolute Gasteiger partial charge is 0.147 e. The minimum absolute atomic E-state index is 0. The summed E-state index contributed by atoms with van der Waals surface area (Å²) in [6.07, 6.45) is 2.86. The molecular weight excluding hydrogens is 270 g/mol. The van der Waals surface area contributed by atoms with Gasteiger partial charge in [0.25, 0.3) is 0 Å². The van der Waals surface area contributed by atoms with Crippen LogP contribution in [0.25, 0.3) is 0 Å². The van der Waals surface area contributed by atoms with E-state index in [2.05, 4.69) is 10.3 Å². The van der Waals surface area contributed by atoms with E-state index in [1.807, 2.05) is 6.92 Å². The summed E-state index contributed by atoms with van der Waals surface area (Å²) in [6, 6.07) is 2.12. The van der Waals surface area contributed by atoms with Gasteiger partial charge < -0.3 is 10.1 Å². The van der Waals surface area contributed by atoms with Gasteiger partial charge in [-0.15, -0.1) is 12.4 Å². The van der Waals surface area contributed by atoms with Crippen LogP contribution >= 0.6 is 35.6 Å². The lowest BCUT2D eigenvalue weighted by atomic mass is 10.0. The zero-order chi connectivity index (χ0) is 10.8. The Hall–Kier alpha value is -0.220. The van der Waals surface area contributed by atoms with Crippen molar-refractivity contribution < 1.29 is 4.74 Å². The zero-order valence-corrected chi connectivity index (χ0v) is 11.1. The van der Waals surface area contributed by atoms with Crippen LogP contribution in [0.5, 0.6) is 5.75 Å². The molecule has 6 heteroatoms. The van der Waals surface area contributed by atoms with Crippen LogP contribution in [0.4, 0.5) is 0 Å². The number of halogens is 3. The highest BCUT2D eigenvalue weighted by Gasteiger charge is 2.24. The van der Waals surface area contributed by atoms with Crippen molar-refractivity contribution in [3.8, 4) is 5.75 Å². The van der Waals surface area contributed by atoms with Gasteiger partial charge in [-0.05, 0) is 19.9 Å². The third kappa shape index (κ3) is 3.14. The summed E-state index contributed by atoms with van der Waals surface area (Å²) in [5.74, 6) is 0.658. The summed E-state index contributed by atoms with van der Waals surface area (Å²) >= 11 is 11.5. The first kappa shape index (κ1) is 13.8. The molecule has 0 saturated carbocycles. The average molecular weight is 284 g/mol. The fourth-order valence-corrected chi connectivity index (χ4v) is 1.74. The number of pyridine rings is 1. The Bertz CT molecular complexity index is 358. The molecule has 1 saturated heterocycles. The largest absolute Gasteiger partial charge is 0.487 e. The minimum atomic E-state index is 0. The van der Waals surface area contributed by atoms with Crippen molar-refractivity contribution in [3.63, 3.8) is 0 Å². The first-order chi connectivity index (χ1) is 7.16. The van der Waals surface area contributed by atoms with Crippen LogP contribution in [-0.2, 0) is 0 Å². The van der Waals surface area contributed by atoms with Crippen LogP contribution in [0.15, 0.2) is 12.3 Å². The van der Waals surface area contributed by atoms with Gasteiger partial charge in [-0.3, -0.25) is 0 Å². The molecule has 1 aromatic heterocycles. The van der Waals surface area contributed by atoms with E-state index in [9.17, 15) is 0 Å². The Morgan fingerprint density at radius 1 is 1.56 bits per heavy atom. The van der Waals surface area contributed by atoms with Crippen LogP contribution in [0.1, 0.15) is 13.3 Å². The van der Waals surface area contributed by atoms with Crippen LogP contribution in [0, 0.1) is 0 Å². The Balaban J connectivity index is 0.00000128. The maximum absolute atomic E-state index is 5.83. The molecule has 3 nitrogen and oxygen atoms in total. The van der Waals surface area contributed by atoms with E-state index < -0.39 is 0 Å². The fourth-order valence-electron chi connectivity index (χ4n) is 1.48. The summed E-state index contributed by atoms with van der Waals surface area (Å²) in [5, 5.41) is 4.01. The summed E-state index contributed by atoms with van der Waals surface area (Å²) < 4.78 is 5.69. The summed E-state index contributed by atoms with van der Waals surface area (Å²) in [4.78, 5) is 3.92. The van der Waals surface area contributed by atoms with Crippen LogP contribution in [0.2, 0.25) is 10.2 Å². The van der Waals surface area contributed by atoms with Crippen molar-refractivity contribution in [1.29, 1.82) is 0 Å². The van der Waals surface area contributed by atoms with E-state index in [4.69, 9.17) is 27.9 Å². The first-order valence-electron chi connectivity index (χ1n) is 4.88. The molecule has 0 radical (unpaired) electrons. The molecule has 0 spiro atoms. The highest BCUT2D eigenvalue weighted by Crippen LogP contribution is 2.25. The zero-order valence-electron chi connectivity index (χ0n) is 8.74. The number of rotatable bonds is 3. The van der Waals surface area contributed by atoms with Crippen molar-refractivity contribution in [2.45, 2.75) is 25.5 Å². The average Bonchev–Trinajstić information content (AvgIpc) is 2.08. The molecule has 2 heterocycles. The molecule has 1 aliphatic rings. The second-order valence-corrected chi connectivity index (χ2v) is 4.38. The molecule has 16 heavy (non-hydrogen) atoms. The molecule has 0 amide bonds. The van der Waals surface area contributed by atoms with Gasteiger partial charge in [-0.1, -0.05) is 23.2 Å². The monoisotopic (exact) mass is 282 g/mol. The van der Waals surface area contributed by atoms with Gasteiger partial charge >= 0.3 is 0 Å². The van der Waals surface area contributed by atoms with Gasteiger partial charge in [-0.25, -0.2) is 4.98 Å². The summed E-state index contributed by atoms with van der Waals surface area (Å²) in [5.41, 5.74) is 0. The minimum Gasteiger partial charge on any atom is -0.487 e. The topological polar surface area (TPSA) is 34.1 Å². The second kappa shape index (κ2) is 5.92. The number of nitrogens with one attached hydrogen (secondary N) is 1. The predicted molar refractivity (Wildman–Crippen MR) is 68.0 cm³/mol. The van der Waals surface area contributed by atoms with Crippen LogP contribution in [0.3, 0.4) is 0 Å². The molecule has 0 aliphatic carbocycles. The van der Waals surface area contributed by atoms with E-state index in [1.54, 1.807) is 12.3 Å². The number of ether oxygens (including phenoxy) is 1. The third-order valence-electron chi connectivity index (χ3n) is 2.52. The highest BCUT2D eigenvalue weighted by molar-refractivity contribution is 6.41. The second-order valence-electron chi connectivity index (χ2n) is 3.62.